The molecule has 0 radical (unpaired) electrons. The van der Waals surface area contributed by atoms with Gasteiger partial charge in [-0.1, -0.05) is 83.6 Å². The van der Waals surface area contributed by atoms with Gasteiger partial charge in [-0.3, -0.25) is 0 Å². The molecule has 0 spiro atoms. The van der Waals surface area contributed by atoms with Gasteiger partial charge in [-0.25, -0.2) is 0 Å². The molecule has 0 aliphatic heterocycles. The maximum atomic E-state index is 6.05. The van der Waals surface area contributed by atoms with Gasteiger partial charge in [-0.05, 0) is 18.5 Å². The molecule has 0 fully saturated rings. The predicted molar refractivity (Wildman–Crippen MR) is 134 cm³/mol. The second-order valence-electron chi connectivity index (χ2n) is 8.21. The molecule has 0 bridgehead atoms. The molecule has 0 aliphatic rings. The van der Waals surface area contributed by atoms with Crippen LogP contribution in [0.1, 0.15) is 90.4 Å². The Balaban J connectivity index is 4.17. The first-order chi connectivity index (χ1) is 15.7. The fourth-order valence-corrected chi connectivity index (χ4v) is 5.50. The highest BCUT2D eigenvalue weighted by Gasteiger charge is 2.38. The maximum absolute atomic E-state index is 6.05. The summed E-state index contributed by atoms with van der Waals surface area (Å²) >= 11 is 0. The second-order valence-corrected chi connectivity index (χ2v) is 10.6. The summed E-state index contributed by atoms with van der Waals surface area (Å²) in [5.74, 6) is 0. The van der Waals surface area contributed by atoms with Gasteiger partial charge in [0.2, 0.25) is 0 Å². The Hall–Kier alpha value is -0.283. The molecule has 6 nitrogen and oxygen atoms in total. The van der Waals surface area contributed by atoms with E-state index < -0.39 is 8.80 Å². The van der Waals surface area contributed by atoms with Crippen LogP contribution in [0.25, 0.3) is 0 Å². The van der Waals surface area contributed by atoms with Crippen molar-refractivity contribution in [3.8, 4) is 0 Å². The first-order valence-electron chi connectivity index (χ1n) is 12.8. The minimum absolute atomic E-state index is 0.436. The average molecular weight is 477 g/mol. The zero-order valence-electron chi connectivity index (χ0n) is 21.5. The van der Waals surface area contributed by atoms with Crippen molar-refractivity contribution in [1.29, 1.82) is 0 Å². The van der Waals surface area contributed by atoms with Crippen LogP contribution in [-0.4, -0.2) is 69.8 Å². The van der Waals surface area contributed by atoms with Crippen LogP contribution in [0.4, 0.5) is 0 Å². The van der Waals surface area contributed by atoms with Gasteiger partial charge in [0, 0.05) is 21.3 Å². The molecule has 0 aromatic carbocycles. The third-order valence-corrected chi connectivity index (χ3v) is 7.78. The fraction of sp³-hybridized carbons (Fsp3) is 0.920. The lowest BCUT2D eigenvalue weighted by Crippen LogP contribution is -2.46. The van der Waals surface area contributed by atoms with Crippen molar-refractivity contribution in [2.45, 2.75) is 90.4 Å². The molecular formula is C25H52O6Si. The number of rotatable bonds is 26. The Kier molecular flexibility index (Phi) is 25.1. The summed E-state index contributed by atoms with van der Waals surface area (Å²) in [7, 11) is 2.05. The van der Waals surface area contributed by atoms with Gasteiger partial charge in [0.15, 0.2) is 0 Å². The van der Waals surface area contributed by atoms with Crippen molar-refractivity contribution in [3.05, 3.63) is 11.8 Å². The van der Waals surface area contributed by atoms with Crippen molar-refractivity contribution < 1.29 is 27.5 Å². The molecule has 0 aromatic heterocycles. The summed E-state index contributed by atoms with van der Waals surface area (Å²) in [6.07, 6.45) is 19.5. The molecule has 0 rings (SSSR count). The average Bonchev–Trinajstić information content (AvgIpc) is 2.80. The van der Waals surface area contributed by atoms with E-state index in [2.05, 4.69) is 13.0 Å². The van der Waals surface area contributed by atoms with Gasteiger partial charge in [-0.15, -0.1) is 0 Å². The van der Waals surface area contributed by atoms with Crippen molar-refractivity contribution in [2.24, 2.45) is 0 Å². The number of ether oxygens (including phenoxy) is 3. The van der Waals surface area contributed by atoms with E-state index in [0.29, 0.717) is 39.6 Å². The molecule has 7 heteroatoms. The normalized spacial score (nSPS) is 12.2. The van der Waals surface area contributed by atoms with Gasteiger partial charge in [0.25, 0.3) is 0 Å². The van der Waals surface area contributed by atoms with Crippen LogP contribution < -0.4 is 0 Å². The molecule has 192 valence electrons. The lowest BCUT2D eigenvalue weighted by Gasteiger charge is -2.27. The van der Waals surface area contributed by atoms with Crippen molar-refractivity contribution >= 4 is 8.80 Å². The van der Waals surface area contributed by atoms with Gasteiger partial charge < -0.3 is 27.5 Å². The van der Waals surface area contributed by atoms with Gasteiger partial charge in [0.05, 0.1) is 39.6 Å². The Morgan fingerprint density at radius 2 is 0.875 bits per heavy atom. The summed E-state index contributed by atoms with van der Waals surface area (Å²) in [6.45, 7) is 5.09. The van der Waals surface area contributed by atoms with Crippen LogP contribution in [0.15, 0.2) is 11.8 Å². The molecule has 0 amide bonds. The summed E-state index contributed by atoms with van der Waals surface area (Å²) in [6, 6.07) is 0. The fourth-order valence-electron chi connectivity index (χ4n) is 3.40. The monoisotopic (exact) mass is 476 g/mol. The van der Waals surface area contributed by atoms with Crippen LogP contribution >= 0.6 is 0 Å². The third kappa shape index (κ3) is 20.3. The van der Waals surface area contributed by atoms with Crippen LogP contribution in [0.5, 0.6) is 0 Å². The largest absolute Gasteiger partial charge is 0.529 e. The molecule has 0 aliphatic carbocycles. The van der Waals surface area contributed by atoms with Crippen LogP contribution in [0.3, 0.4) is 0 Å². The Labute approximate surface area is 199 Å². The molecule has 0 heterocycles. The number of unbranched alkanes of at least 4 members (excludes halogenated alkanes) is 12. The summed E-state index contributed by atoms with van der Waals surface area (Å²) in [5, 5.41) is 0. The zero-order valence-corrected chi connectivity index (χ0v) is 22.5. The van der Waals surface area contributed by atoms with E-state index in [1.807, 2.05) is 5.70 Å². The summed E-state index contributed by atoms with van der Waals surface area (Å²) < 4.78 is 33.5. The minimum Gasteiger partial charge on any atom is -0.382 e. The molecule has 0 atom stereocenters. The van der Waals surface area contributed by atoms with E-state index >= 15 is 0 Å². The number of hydrogen-bond donors (Lipinski definition) is 0. The lowest BCUT2D eigenvalue weighted by atomic mass is 10.0. The predicted octanol–water partition coefficient (Wildman–Crippen LogP) is 6.10. The van der Waals surface area contributed by atoms with Crippen molar-refractivity contribution in [3.63, 3.8) is 0 Å². The van der Waals surface area contributed by atoms with Gasteiger partial charge >= 0.3 is 8.80 Å². The highest BCUT2D eigenvalue weighted by atomic mass is 28.4. The van der Waals surface area contributed by atoms with E-state index in [9.17, 15) is 0 Å². The molecule has 0 saturated carbocycles. The molecule has 0 aromatic rings. The highest BCUT2D eigenvalue weighted by Crippen LogP contribution is 2.15. The second kappa shape index (κ2) is 25.3. The van der Waals surface area contributed by atoms with E-state index in [-0.39, 0.29) is 0 Å². The van der Waals surface area contributed by atoms with E-state index in [1.165, 1.54) is 77.0 Å². The molecule has 0 saturated heterocycles. The smallest absolute Gasteiger partial charge is 0.382 e. The van der Waals surface area contributed by atoms with Crippen LogP contribution in [0.2, 0.25) is 0 Å². The first-order valence-corrected chi connectivity index (χ1v) is 14.6. The summed E-state index contributed by atoms with van der Waals surface area (Å²) in [4.78, 5) is 0. The number of methoxy groups -OCH3 is 3. The maximum Gasteiger partial charge on any atom is 0.529 e. The van der Waals surface area contributed by atoms with Gasteiger partial charge in [-0.2, -0.15) is 0 Å². The zero-order chi connectivity index (χ0) is 23.6. The minimum atomic E-state index is -2.93. The Morgan fingerprint density at radius 3 is 1.25 bits per heavy atom. The van der Waals surface area contributed by atoms with Crippen molar-refractivity contribution in [2.75, 3.05) is 61.0 Å². The Morgan fingerprint density at radius 1 is 0.500 bits per heavy atom. The quantitative estimate of drug-likeness (QED) is 0.111. The molecule has 32 heavy (non-hydrogen) atoms. The molecule has 0 unspecified atom stereocenters. The Bertz CT molecular complexity index is 368. The SMILES string of the molecule is CCCCCCCCCCCCCCC=C[Si](OCCOC)(OCCOC)OCCOC. The molecule has 0 N–H and O–H groups in total. The lowest BCUT2D eigenvalue weighted by molar-refractivity contribution is 0.0231. The molecular weight excluding hydrogens is 424 g/mol. The summed E-state index contributed by atoms with van der Waals surface area (Å²) in [5.41, 5.74) is 2.02. The number of allylic oxidation sites excluding steroid dienone is 1. The highest BCUT2D eigenvalue weighted by molar-refractivity contribution is 6.66. The standard InChI is InChI=1S/C25H52O6Si/c1-5-6-7-8-9-10-11-12-13-14-15-16-17-18-25-32(29-22-19-26-2,30-23-20-27-3)31-24-21-28-4/h18,25H,5-17,19-24H2,1-4H3. The third-order valence-electron chi connectivity index (χ3n) is 5.32. The number of hydrogen-bond acceptors (Lipinski definition) is 6. The topological polar surface area (TPSA) is 55.4 Å². The van der Waals surface area contributed by atoms with E-state index in [1.54, 1.807) is 21.3 Å². The van der Waals surface area contributed by atoms with E-state index in [4.69, 9.17) is 27.5 Å². The van der Waals surface area contributed by atoms with E-state index in [0.717, 1.165) is 6.42 Å². The van der Waals surface area contributed by atoms with Crippen molar-refractivity contribution in [1.82, 2.24) is 0 Å². The van der Waals surface area contributed by atoms with Gasteiger partial charge in [0.1, 0.15) is 0 Å². The van der Waals surface area contributed by atoms with Crippen LogP contribution in [-0.2, 0) is 27.5 Å². The first kappa shape index (κ1) is 31.7. The van der Waals surface area contributed by atoms with Crippen LogP contribution in [0, 0.1) is 0 Å².